The minimum absolute atomic E-state index is 0.111. The number of carboxylic acids is 1. The van der Waals surface area contributed by atoms with Gasteiger partial charge in [-0.1, -0.05) is 62.4 Å². The van der Waals surface area contributed by atoms with Crippen molar-refractivity contribution in [2.45, 2.75) is 19.3 Å². The van der Waals surface area contributed by atoms with Gasteiger partial charge in [0.15, 0.2) is 6.61 Å². The quantitative estimate of drug-likeness (QED) is 0.613. The normalized spacial score (nSPS) is 11.0. The van der Waals surface area contributed by atoms with Crippen LogP contribution in [0.3, 0.4) is 0 Å². The van der Waals surface area contributed by atoms with Gasteiger partial charge in [-0.15, -0.1) is 0 Å². The molecule has 2 N–H and O–H groups in total. The van der Waals surface area contributed by atoms with Crippen molar-refractivity contribution in [2.24, 2.45) is 0 Å². The van der Waals surface area contributed by atoms with E-state index in [0.29, 0.717) is 11.4 Å². The van der Waals surface area contributed by atoms with Gasteiger partial charge in [-0.2, -0.15) is 0 Å². The Labute approximate surface area is 170 Å². The molecule has 3 aromatic rings. The number of ether oxygens (including phenoxy) is 1. The summed E-state index contributed by atoms with van der Waals surface area (Å²) in [6.07, 6.45) is 0. The van der Waals surface area contributed by atoms with Crippen molar-refractivity contribution in [3.63, 3.8) is 0 Å². The first kappa shape index (κ1) is 20.1. The minimum atomic E-state index is -1.05. The number of hydrogen-bond donors (Lipinski definition) is 2. The first-order valence-electron chi connectivity index (χ1n) is 9.28. The molecule has 0 saturated carbocycles. The van der Waals surface area contributed by atoms with Crippen LogP contribution < -0.4 is 10.1 Å². The second kappa shape index (κ2) is 8.61. The Kier molecular flexibility index (Phi) is 5.98. The van der Waals surface area contributed by atoms with Crippen LogP contribution in [0.25, 0.3) is 0 Å². The van der Waals surface area contributed by atoms with E-state index in [0.717, 1.165) is 5.56 Å². The van der Waals surface area contributed by atoms with Crippen LogP contribution in [0.1, 0.15) is 35.3 Å². The van der Waals surface area contributed by atoms with Crippen molar-refractivity contribution >= 4 is 17.6 Å². The second-order valence-corrected chi connectivity index (χ2v) is 7.24. The SMILES string of the molecule is CC(C)(c1ccccc1)c1ccc(OCC(=O)Nc2cccc(C(=O)O)c2)cc1. The number of amides is 1. The van der Waals surface area contributed by atoms with E-state index in [1.807, 2.05) is 42.5 Å². The van der Waals surface area contributed by atoms with E-state index < -0.39 is 5.97 Å². The molecule has 5 nitrogen and oxygen atoms in total. The first-order valence-corrected chi connectivity index (χ1v) is 9.28. The van der Waals surface area contributed by atoms with E-state index in [4.69, 9.17) is 9.84 Å². The van der Waals surface area contributed by atoms with E-state index >= 15 is 0 Å². The Hall–Kier alpha value is -3.60. The molecule has 29 heavy (non-hydrogen) atoms. The highest BCUT2D eigenvalue weighted by Gasteiger charge is 2.22. The molecule has 0 fully saturated rings. The standard InChI is InChI=1S/C24H23NO4/c1-24(2,18-8-4-3-5-9-18)19-11-13-21(14-12-19)29-16-22(26)25-20-10-6-7-17(15-20)23(27)28/h3-15H,16H2,1-2H3,(H,25,26)(H,27,28). The highest BCUT2D eigenvalue weighted by Crippen LogP contribution is 2.32. The van der Waals surface area contributed by atoms with Crippen LogP contribution in [0.4, 0.5) is 5.69 Å². The molecule has 0 aliphatic rings. The maximum absolute atomic E-state index is 12.1. The smallest absolute Gasteiger partial charge is 0.335 e. The number of rotatable bonds is 7. The van der Waals surface area contributed by atoms with Crippen molar-refractivity contribution < 1.29 is 19.4 Å². The van der Waals surface area contributed by atoms with E-state index in [-0.39, 0.29) is 23.5 Å². The highest BCUT2D eigenvalue weighted by molar-refractivity contribution is 5.94. The van der Waals surface area contributed by atoms with Gasteiger partial charge in [-0.3, -0.25) is 4.79 Å². The predicted octanol–water partition coefficient (Wildman–Crippen LogP) is 4.73. The molecular formula is C24H23NO4. The number of carbonyl (C=O) groups excluding carboxylic acids is 1. The summed E-state index contributed by atoms with van der Waals surface area (Å²) in [7, 11) is 0. The molecule has 148 valence electrons. The van der Waals surface area contributed by atoms with Crippen molar-refractivity contribution in [2.75, 3.05) is 11.9 Å². The van der Waals surface area contributed by atoms with Crippen LogP contribution in [0.2, 0.25) is 0 Å². The van der Waals surface area contributed by atoms with Crippen molar-refractivity contribution in [1.82, 2.24) is 0 Å². The van der Waals surface area contributed by atoms with Gasteiger partial charge in [0.1, 0.15) is 5.75 Å². The number of hydrogen-bond acceptors (Lipinski definition) is 3. The summed E-state index contributed by atoms with van der Waals surface area (Å²) < 4.78 is 5.56. The Morgan fingerprint density at radius 2 is 1.55 bits per heavy atom. The molecule has 0 bridgehead atoms. The van der Waals surface area contributed by atoms with Gasteiger partial charge < -0.3 is 15.2 Å². The van der Waals surface area contributed by atoms with Crippen LogP contribution >= 0.6 is 0 Å². The Morgan fingerprint density at radius 3 is 2.21 bits per heavy atom. The molecule has 0 atom stereocenters. The van der Waals surface area contributed by atoms with Crippen LogP contribution in [-0.2, 0) is 10.2 Å². The first-order chi connectivity index (χ1) is 13.9. The number of benzene rings is 3. The molecule has 0 aliphatic carbocycles. The van der Waals surface area contributed by atoms with Gasteiger partial charge in [0.05, 0.1) is 5.56 Å². The lowest BCUT2D eigenvalue weighted by atomic mass is 9.78. The average molecular weight is 389 g/mol. The summed E-state index contributed by atoms with van der Waals surface area (Å²) >= 11 is 0. The van der Waals surface area contributed by atoms with Gasteiger partial charge in [0, 0.05) is 11.1 Å². The fourth-order valence-electron chi connectivity index (χ4n) is 3.07. The zero-order valence-corrected chi connectivity index (χ0v) is 16.4. The lowest BCUT2D eigenvalue weighted by Gasteiger charge is -2.26. The number of aromatic carboxylic acids is 1. The van der Waals surface area contributed by atoms with Crippen LogP contribution in [-0.4, -0.2) is 23.6 Å². The summed E-state index contributed by atoms with van der Waals surface area (Å²) in [5, 5.41) is 11.6. The van der Waals surface area contributed by atoms with E-state index in [9.17, 15) is 9.59 Å². The molecular weight excluding hydrogens is 366 g/mol. The molecule has 0 spiro atoms. The number of anilines is 1. The Balaban J connectivity index is 1.59. The van der Waals surface area contributed by atoms with Crippen LogP contribution in [0.5, 0.6) is 5.75 Å². The Bertz CT molecular complexity index is 995. The van der Waals surface area contributed by atoms with Crippen molar-refractivity contribution in [1.29, 1.82) is 0 Å². The van der Waals surface area contributed by atoms with Gasteiger partial charge in [-0.05, 0) is 41.5 Å². The summed E-state index contributed by atoms with van der Waals surface area (Å²) in [5.41, 5.74) is 2.74. The third-order valence-corrected chi connectivity index (χ3v) is 4.83. The number of carbonyl (C=O) groups is 2. The fraction of sp³-hybridized carbons (Fsp3) is 0.167. The van der Waals surface area contributed by atoms with Crippen molar-refractivity contribution in [3.8, 4) is 5.75 Å². The molecule has 0 aliphatic heterocycles. The van der Waals surface area contributed by atoms with Crippen LogP contribution in [0, 0.1) is 0 Å². The van der Waals surface area contributed by atoms with E-state index in [1.165, 1.54) is 17.7 Å². The molecule has 0 unspecified atom stereocenters. The van der Waals surface area contributed by atoms with Gasteiger partial charge >= 0.3 is 5.97 Å². The summed E-state index contributed by atoms with van der Waals surface area (Å²) in [4.78, 5) is 23.1. The molecule has 3 aromatic carbocycles. The molecule has 0 aromatic heterocycles. The number of nitrogens with one attached hydrogen (secondary N) is 1. The van der Waals surface area contributed by atoms with Gasteiger partial charge in [0.25, 0.3) is 5.91 Å². The topological polar surface area (TPSA) is 75.6 Å². The minimum Gasteiger partial charge on any atom is -0.484 e. The Morgan fingerprint density at radius 1 is 0.897 bits per heavy atom. The monoisotopic (exact) mass is 389 g/mol. The van der Waals surface area contributed by atoms with Crippen LogP contribution in [0.15, 0.2) is 78.9 Å². The zero-order chi connectivity index (χ0) is 20.9. The molecule has 5 heteroatoms. The summed E-state index contributed by atoms with van der Waals surface area (Å²) in [6.45, 7) is 4.16. The lowest BCUT2D eigenvalue weighted by molar-refractivity contribution is -0.118. The lowest BCUT2D eigenvalue weighted by Crippen LogP contribution is -2.21. The van der Waals surface area contributed by atoms with Crippen molar-refractivity contribution in [3.05, 3.63) is 95.6 Å². The summed E-state index contributed by atoms with van der Waals surface area (Å²) in [6, 6.07) is 24.0. The molecule has 0 radical (unpaired) electrons. The molecule has 3 rings (SSSR count). The third kappa shape index (κ3) is 5.02. The average Bonchev–Trinajstić information content (AvgIpc) is 2.73. The summed E-state index contributed by atoms with van der Waals surface area (Å²) in [5.74, 6) is -0.816. The molecule has 0 saturated heterocycles. The van der Waals surface area contributed by atoms with E-state index in [1.54, 1.807) is 12.1 Å². The maximum atomic E-state index is 12.1. The molecule has 0 heterocycles. The largest absolute Gasteiger partial charge is 0.484 e. The molecule has 1 amide bonds. The highest BCUT2D eigenvalue weighted by atomic mass is 16.5. The zero-order valence-electron chi connectivity index (χ0n) is 16.4. The van der Waals surface area contributed by atoms with Gasteiger partial charge in [0.2, 0.25) is 0 Å². The number of carboxylic acid groups (broad SMARTS) is 1. The van der Waals surface area contributed by atoms with Gasteiger partial charge in [-0.25, -0.2) is 4.79 Å². The maximum Gasteiger partial charge on any atom is 0.335 e. The predicted molar refractivity (Wildman–Crippen MR) is 113 cm³/mol. The fourth-order valence-corrected chi connectivity index (χ4v) is 3.07. The third-order valence-electron chi connectivity index (χ3n) is 4.83. The second-order valence-electron chi connectivity index (χ2n) is 7.24. The van der Waals surface area contributed by atoms with E-state index in [2.05, 4.69) is 31.3 Å².